The van der Waals surface area contributed by atoms with E-state index in [4.69, 9.17) is 5.11 Å². The molecule has 0 bridgehead atoms. The number of anilines is 1. The second-order valence-corrected chi connectivity index (χ2v) is 7.95. The van der Waals surface area contributed by atoms with Crippen LogP contribution in [0.25, 0.3) is 0 Å². The molecule has 8 nitrogen and oxygen atoms in total. The first-order valence-corrected chi connectivity index (χ1v) is 7.44. The van der Waals surface area contributed by atoms with E-state index in [1.54, 1.807) is 0 Å². The first-order valence-electron chi connectivity index (χ1n) is 5.79. The van der Waals surface area contributed by atoms with Crippen LogP contribution in [0.15, 0.2) is 12.3 Å². The van der Waals surface area contributed by atoms with Gasteiger partial charge in [-0.25, -0.2) is 8.42 Å². The van der Waals surface area contributed by atoms with Crippen molar-refractivity contribution in [1.29, 1.82) is 0 Å². The summed E-state index contributed by atoms with van der Waals surface area (Å²) in [4.78, 5) is 22.1. The third-order valence-corrected chi connectivity index (χ3v) is 4.97. The van der Waals surface area contributed by atoms with E-state index in [0.717, 1.165) is 4.68 Å². The first kappa shape index (κ1) is 16.2. The lowest BCUT2D eigenvalue weighted by molar-refractivity contribution is -0.137. The number of nitrogens with one attached hydrogen (secondary N) is 1. The minimum Gasteiger partial charge on any atom is -0.480 e. The van der Waals surface area contributed by atoms with Crippen LogP contribution in [0.5, 0.6) is 0 Å². The lowest BCUT2D eigenvalue weighted by Gasteiger charge is -2.18. The van der Waals surface area contributed by atoms with Crippen LogP contribution in [0.4, 0.5) is 5.82 Å². The second-order valence-electron chi connectivity index (χ2n) is 5.21. The van der Waals surface area contributed by atoms with Gasteiger partial charge in [-0.1, -0.05) is 0 Å². The van der Waals surface area contributed by atoms with Crippen molar-refractivity contribution in [3.63, 3.8) is 0 Å². The Morgan fingerprint density at radius 2 is 2.00 bits per heavy atom. The molecular formula is C11H17N3O5S. The average Bonchev–Trinajstić information content (AvgIpc) is 2.61. The molecule has 0 spiro atoms. The number of aliphatic carboxylic acids is 1. The average molecular weight is 303 g/mol. The van der Waals surface area contributed by atoms with Gasteiger partial charge < -0.3 is 10.4 Å². The molecule has 0 radical (unpaired) electrons. The summed E-state index contributed by atoms with van der Waals surface area (Å²) in [5, 5.41) is 14.7. The molecule has 1 rings (SSSR count). The lowest BCUT2D eigenvalue weighted by atomic mass is 10.3. The van der Waals surface area contributed by atoms with Crippen LogP contribution in [0.2, 0.25) is 0 Å². The maximum Gasteiger partial charge on any atom is 0.325 e. The summed E-state index contributed by atoms with van der Waals surface area (Å²) in [5.74, 6) is -2.32. The minimum absolute atomic E-state index is 0.111. The number of carbonyl (C=O) groups is 2. The summed E-state index contributed by atoms with van der Waals surface area (Å²) in [6.45, 7) is 4.20. The molecule has 1 aromatic rings. The highest BCUT2D eigenvalue weighted by atomic mass is 32.2. The van der Waals surface area contributed by atoms with E-state index >= 15 is 0 Å². The standard InChI is InChI=1S/C11H17N3O5S/c1-11(2,3)20(18,19)7-9(15)12-8-4-5-14(13-8)6-10(16)17/h4-5H,6-7H2,1-3H3,(H,16,17)(H,12,13,15). The Morgan fingerprint density at radius 1 is 1.40 bits per heavy atom. The first-order chi connectivity index (χ1) is 9.01. The fourth-order valence-electron chi connectivity index (χ4n) is 1.22. The van der Waals surface area contributed by atoms with E-state index in [-0.39, 0.29) is 12.4 Å². The van der Waals surface area contributed by atoms with Gasteiger partial charge in [0.25, 0.3) is 0 Å². The molecule has 9 heteroatoms. The van der Waals surface area contributed by atoms with Crippen molar-refractivity contribution in [2.24, 2.45) is 0 Å². The van der Waals surface area contributed by atoms with Crippen LogP contribution in [0.3, 0.4) is 0 Å². The third kappa shape index (κ3) is 4.34. The van der Waals surface area contributed by atoms with Crippen molar-refractivity contribution in [1.82, 2.24) is 9.78 Å². The molecule has 0 aliphatic carbocycles. The van der Waals surface area contributed by atoms with E-state index in [1.807, 2.05) is 0 Å². The van der Waals surface area contributed by atoms with E-state index in [0.29, 0.717) is 0 Å². The highest BCUT2D eigenvalue weighted by molar-refractivity contribution is 7.93. The van der Waals surface area contributed by atoms with Gasteiger partial charge in [0, 0.05) is 12.3 Å². The van der Waals surface area contributed by atoms with Crippen LogP contribution in [0, 0.1) is 0 Å². The number of amides is 1. The molecule has 0 aromatic carbocycles. The van der Waals surface area contributed by atoms with Crippen molar-refractivity contribution >= 4 is 27.5 Å². The fraction of sp³-hybridized carbons (Fsp3) is 0.545. The smallest absolute Gasteiger partial charge is 0.325 e. The van der Waals surface area contributed by atoms with Crippen LogP contribution in [-0.2, 0) is 26.0 Å². The molecule has 0 atom stereocenters. The van der Waals surface area contributed by atoms with E-state index < -0.39 is 32.2 Å². The molecule has 0 saturated heterocycles. The monoisotopic (exact) mass is 303 g/mol. The number of carboxylic acid groups (broad SMARTS) is 1. The van der Waals surface area contributed by atoms with Gasteiger partial charge in [0.05, 0.1) is 4.75 Å². The van der Waals surface area contributed by atoms with Gasteiger partial charge in [0.2, 0.25) is 5.91 Å². The highest BCUT2D eigenvalue weighted by Gasteiger charge is 2.31. The number of hydrogen-bond acceptors (Lipinski definition) is 5. The molecule has 0 fully saturated rings. The molecular weight excluding hydrogens is 286 g/mol. The topological polar surface area (TPSA) is 118 Å². The van der Waals surface area contributed by atoms with Crippen molar-refractivity contribution in [3.05, 3.63) is 12.3 Å². The van der Waals surface area contributed by atoms with E-state index in [2.05, 4.69) is 10.4 Å². The number of sulfone groups is 1. The number of rotatable bonds is 5. The van der Waals surface area contributed by atoms with Gasteiger partial charge >= 0.3 is 5.97 Å². The Hall–Kier alpha value is -1.90. The Morgan fingerprint density at radius 3 is 2.50 bits per heavy atom. The Labute approximate surface area is 116 Å². The van der Waals surface area contributed by atoms with Crippen molar-refractivity contribution < 1.29 is 23.1 Å². The summed E-state index contributed by atoms with van der Waals surface area (Å²) in [6.07, 6.45) is 1.38. The zero-order valence-corrected chi connectivity index (χ0v) is 12.3. The zero-order valence-electron chi connectivity index (χ0n) is 11.5. The highest BCUT2D eigenvalue weighted by Crippen LogP contribution is 2.16. The summed E-state index contributed by atoms with van der Waals surface area (Å²) in [6, 6.07) is 1.39. The summed E-state index contributed by atoms with van der Waals surface area (Å²) in [5.41, 5.74) is 0. The van der Waals surface area contributed by atoms with Gasteiger partial charge in [0.15, 0.2) is 15.7 Å². The Bertz CT molecular complexity index is 612. The van der Waals surface area contributed by atoms with Gasteiger partial charge in [-0.2, -0.15) is 5.10 Å². The van der Waals surface area contributed by atoms with Crippen LogP contribution in [0.1, 0.15) is 20.8 Å². The third-order valence-electron chi connectivity index (χ3n) is 2.46. The Balaban J connectivity index is 2.68. The van der Waals surface area contributed by atoms with Gasteiger partial charge in [-0.05, 0) is 20.8 Å². The molecule has 0 aliphatic rings. The van der Waals surface area contributed by atoms with Gasteiger partial charge in [0.1, 0.15) is 12.3 Å². The molecule has 1 amide bonds. The van der Waals surface area contributed by atoms with E-state index in [1.165, 1.54) is 33.0 Å². The predicted molar refractivity (Wildman–Crippen MR) is 72.0 cm³/mol. The number of carbonyl (C=O) groups excluding carboxylic acids is 1. The zero-order chi connectivity index (χ0) is 15.6. The molecule has 0 aliphatic heterocycles. The van der Waals surface area contributed by atoms with Crippen molar-refractivity contribution in [2.75, 3.05) is 11.1 Å². The molecule has 20 heavy (non-hydrogen) atoms. The maximum absolute atomic E-state index is 11.8. The minimum atomic E-state index is -3.57. The SMILES string of the molecule is CC(C)(C)S(=O)(=O)CC(=O)Nc1ccn(CC(=O)O)n1. The molecule has 0 unspecified atom stereocenters. The fourth-order valence-corrected chi connectivity index (χ4v) is 2.07. The second kappa shape index (κ2) is 5.61. The molecule has 1 aromatic heterocycles. The largest absolute Gasteiger partial charge is 0.480 e. The number of aromatic nitrogens is 2. The number of carboxylic acids is 1. The van der Waals surface area contributed by atoms with Crippen molar-refractivity contribution in [3.8, 4) is 0 Å². The van der Waals surface area contributed by atoms with Gasteiger partial charge in [-0.15, -0.1) is 0 Å². The molecule has 112 valence electrons. The maximum atomic E-state index is 11.8. The predicted octanol–water partition coefficient (Wildman–Crippen LogP) is 0.119. The number of nitrogens with zero attached hydrogens (tertiary/aromatic N) is 2. The van der Waals surface area contributed by atoms with Crippen LogP contribution >= 0.6 is 0 Å². The molecule has 1 heterocycles. The van der Waals surface area contributed by atoms with Crippen LogP contribution in [-0.4, -0.2) is 45.7 Å². The molecule has 0 saturated carbocycles. The summed E-state index contributed by atoms with van der Waals surface area (Å²) >= 11 is 0. The van der Waals surface area contributed by atoms with Crippen molar-refractivity contribution in [2.45, 2.75) is 32.1 Å². The quantitative estimate of drug-likeness (QED) is 0.797. The normalized spacial score (nSPS) is 12.2. The van der Waals surface area contributed by atoms with E-state index in [9.17, 15) is 18.0 Å². The Kier molecular flexibility index (Phi) is 4.53. The van der Waals surface area contributed by atoms with Gasteiger partial charge in [-0.3, -0.25) is 14.3 Å². The van der Waals surface area contributed by atoms with Crippen LogP contribution < -0.4 is 5.32 Å². The lowest BCUT2D eigenvalue weighted by Crippen LogP contribution is -2.35. The summed E-state index contributed by atoms with van der Waals surface area (Å²) < 4.78 is 23.8. The summed E-state index contributed by atoms with van der Waals surface area (Å²) in [7, 11) is -3.57. The molecule has 2 N–H and O–H groups in total. The number of hydrogen-bond donors (Lipinski definition) is 2.